The second-order valence-electron chi connectivity index (χ2n) is 6.43. The smallest absolute Gasteiger partial charge is 0.292 e. The second-order valence-corrected chi connectivity index (χ2v) is 9.54. The maximum atomic E-state index is 11.5. The predicted octanol–water partition coefficient (Wildman–Crippen LogP) is 4.15. The Morgan fingerprint density at radius 2 is 0.960 bits per heavy atom. The molecule has 0 aliphatic carbocycles. The minimum absolute atomic E-state index is 0.00437. The van der Waals surface area contributed by atoms with Crippen molar-refractivity contribution in [2.75, 3.05) is 0 Å². The molecule has 25 heavy (non-hydrogen) atoms. The van der Waals surface area contributed by atoms with Crippen LogP contribution >= 0.6 is 0 Å². The van der Waals surface area contributed by atoms with E-state index in [1.165, 1.54) is 0 Å². The summed E-state index contributed by atoms with van der Waals surface area (Å²) in [4.78, 5) is 0. The second kappa shape index (κ2) is 13.0. The highest BCUT2D eigenvalue weighted by atomic mass is 32.2. The Morgan fingerprint density at radius 1 is 0.640 bits per heavy atom. The summed E-state index contributed by atoms with van der Waals surface area (Å²) in [6.07, 6.45) is 8.58. The molecule has 0 heterocycles. The molecule has 0 aromatic carbocycles. The first-order valence-electron chi connectivity index (χ1n) is 9.21. The molecule has 9 heteroatoms. The van der Waals surface area contributed by atoms with Crippen molar-refractivity contribution in [1.29, 1.82) is 0 Å². The van der Waals surface area contributed by atoms with Gasteiger partial charge in [-0.05, 0) is 25.7 Å². The van der Waals surface area contributed by atoms with Crippen LogP contribution in [0.1, 0.15) is 90.9 Å². The molecule has 0 aromatic heterocycles. The Bertz CT molecular complexity index is 481. The fourth-order valence-corrected chi connectivity index (χ4v) is 4.12. The van der Waals surface area contributed by atoms with Gasteiger partial charge in [-0.15, -0.1) is 0 Å². The molecule has 152 valence electrons. The minimum atomic E-state index is -4.55. The van der Waals surface area contributed by atoms with E-state index >= 15 is 0 Å². The van der Waals surface area contributed by atoms with Crippen LogP contribution in [0, 0.1) is 0 Å². The van der Waals surface area contributed by atoms with Gasteiger partial charge in [0.25, 0.3) is 20.2 Å². The number of ether oxygens (including phenoxy) is 1. The minimum Gasteiger partial charge on any atom is -0.338 e. The monoisotopic (exact) mass is 402 g/mol. The molecule has 0 aliphatic heterocycles. The van der Waals surface area contributed by atoms with Gasteiger partial charge in [-0.25, -0.2) is 0 Å². The summed E-state index contributed by atoms with van der Waals surface area (Å²) in [6.45, 7) is 4.11. The largest absolute Gasteiger partial charge is 0.338 e. The van der Waals surface area contributed by atoms with Crippen LogP contribution in [0.5, 0.6) is 0 Å². The Hall–Kier alpha value is -0.220. The van der Waals surface area contributed by atoms with E-state index in [2.05, 4.69) is 13.8 Å². The third kappa shape index (κ3) is 12.7. The van der Waals surface area contributed by atoms with E-state index < -0.39 is 31.1 Å². The SMILES string of the molecule is CCCCCCCC(OC(CCCCCCC)S(=O)(=O)O)S(=O)(=O)O. The van der Waals surface area contributed by atoms with Gasteiger partial charge in [-0.3, -0.25) is 9.11 Å². The molecule has 2 unspecified atom stereocenters. The highest BCUT2D eigenvalue weighted by Crippen LogP contribution is 2.21. The molecule has 0 saturated heterocycles. The van der Waals surface area contributed by atoms with Gasteiger partial charge in [0.05, 0.1) is 0 Å². The van der Waals surface area contributed by atoms with Crippen LogP contribution in [-0.2, 0) is 25.0 Å². The zero-order valence-electron chi connectivity index (χ0n) is 15.4. The zero-order valence-corrected chi connectivity index (χ0v) is 17.0. The quantitative estimate of drug-likeness (QED) is 0.294. The molecule has 0 rings (SSSR count). The van der Waals surface area contributed by atoms with Crippen molar-refractivity contribution < 1.29 is 30.7 Å². The lowest BCUT2D eigenvalue weighted by Crippen LogP contribution is -2.33. The van der Waals surface area contributed by atoms with Crippen LogP contribution in [0.4, 0.5) is 0 Å². The fourth-order valence-electron chi connectivity index (χ4n) is 2.57. The summed E-state index contributed by atoms with van der Waals surface area (Å²) in [5.74, 6) is 0. The van der Waals surface area contributed by atoms with Gasteiger partial charge >= 0.3 is 0 Å². The van der Waals surface area contributed by atoms with Crippen LogP contribution in [0.2, 0.25) is 0 Å². The van der Waals surface area contributed by atoms with Crippen molar-refractivity contribution in [3.8, 4) is 0 Å². The van der Waals surface area contributed by atoms with Crippen molar-refractivity contribution in [2.24, 2.45) is 0 Å². The van der Waals surface area contributed by atoms with Crippen molar-refractivity contribution in [2.45, 2.75) is 102 Å². The van der Waals surface area contributed by atoms with Crippen molar-refractivity contribution in [3.63, 3.8) is 0 Å². The standard InChI is InChI=1S/C16H34O7S2/c1-3-5-7-9-11-13-15(24(17,18)19)23-16(25(20,21)22)14-12-10-8-6-4-2/h15-16H,3-14H2,1-2H3,(H,17,18,19)(H,20,21,22). The van der Waals surface area contributed by atoms with Crippen LogP contribution in [0.3, 0.4) is 0 Å². The van der Waals surface area contributed by atoms with E-state index in [1.807, 2.05) is 0 Å². The maximum Gasteiger partial charge on any atom is 0.292 e. The normalized spacial score (nSPS) is 15.2. The maximum absolute atomic E-state index is 11.5. The van der Waals surface area contributed by atoms with E-state index in [0.717, 1.165) is 51.4 Å². The van der Waals surface area contributed by atoms with Gasteiger partial charge in [0.1, 0.15) is 0 Å². The first kappa shape index (κ1) is 24.8. The summed E-state index contributed by atoms with van der Waals surface area (Å²) >= 11 is 0. The number of unbranched alkanes of at least 4 members (excludes halogenated alkanes) is 8. The Labute approximate surface area is 153 Å². The fraction of sp³-hybridized carbons (Fsp3) is 1.00. The lowest BCUT2D eigenvalue weighted by Gasteiger charge is -2.21. The average Bonchev–Trinajstić information content (AvgIpc) is 2.49. The molecule has 0 spiro atoms. The summed E-state index contributed by atoms with van der Waals surface area (Å²) < 4.78 is 69.7. The third-order valence-electron chi connectivity index (χ3n) is 4.05. The lowest BCUT2D eigenvalue weighted by atomic mass is 10.1. The van der Waals surface area contributed by atoms with Gasteiger partial charge in [0.2, 0.25) is 0 Å². The number of rotatable bonds is 16. The Morgan fingerprint density at radius 3 is 1.24 bits per heavy atom. The van der Waals surface area contributed by atoms with Crippen LogP contribution in [0.25, 0.3) is 0 Å². The van der Waals surface area contributed by atoms with E-state index in [1.54, 1.807) is 0 Å². The molecule has 2 N–H and O–H groups in total. The molecule has 7 nitrogen and oxygen atoms in total. The predicted molar refractivity (Wildman–Crippen MR) is 98.5 cm³/mol. The Kier molecular flexibility index (Phi) is 12.9. The highest BCUT2D eigenvalue weighted by Gasteiger charge is 2.32. The Balaban J connectivity index is 4.69. The molecule has 0 aromatic rings. The van der Waals surface area contributed by atoms with Crippen LogP contribution in [-0.4, -0.2) is 36.8 Å². The first-order valence-corrected chi connectivity index (χ1v) is 12.2. The van der Waals surface area contributed by atoms with E-state index in [4.69, 9.17) is 4.74 Å². The number of hydrogen-bond acceptors (Lipinski definition) is 5. The molecule has 0 bridgehead atoms. The van der Waals surface area contributed by atoms with E-state index in [0.29, 0.717) is 12.8 Å². The summed E-state index contributed by atoms with van der Waals surface area (Å²) in [5.41, 5.74) is -3.26. The summed E-state index contributed by atoms with van der Waals surface area (Å²) in [7, 11) is -9.10. The van der Waals surface area contributed by atoms with E-state index in [-0.39, 0.29) is 12.8 Å². The van der Waals surface area contributed by atoms with Crippen LogP contribution < -0.4 is 0 Å². The summed E-state index contributed by atoms with van der Waals surface area (Å²) in [5, 5.41) is 0. The van der Waals surface area contributed by atoms with Crippen molar-refractivity contribution >= 4 is 20.2 Å². The van der Waals surface area contributed by atoms with Gasteiger partial charge in [0.15, 0.2) is 10.9 Å². The van der Waals surface area contributed by atoms with Gasteiger partial charge in [-0.1, -0.05) is 65.2 Å². The molecular weight excluding hydrogens is 368 g/mol. The molecule has 0 aliphatic rings. The zero-order chi connectivity index (χ0) is 19.3. The third-order valence-corrected chi connectivity index (χ3v) is 6.08. The number of hydrogen-bond donors (Lipinski definition) is 2. The molecule has 0 amide bonds. The van der Waals surface area contributed by atoms with Crippen LogP contribution in [0.15, 0.2) is 0 Å². The van der Waals surface area contributed by atoms with Crippen molar-refractivity contribution in [1.82, 2.24) is 0 Å². The molecule has 2 atom stereocenters. The van der Waals surface area contributed by atoms with E-state index in [9.17, 15) is 25.9 Å². The van der Waals surface area contributed by atoms with Gasteiger partial charge in [-0.2, -0.15) is 16.8 Å². The highest BCUT2D eigenvalue weighted by molar-refractivity contribution is 7.87. The van der Waals surface area contributed by atoms with Gasteiger partial charge in [0, 0.05) is 0 Å². The molecular formula is C16H34O7S2. The van der Waals surface area contributed by atoms with Gasteiger partial charge < -0.3 is 4.74 Å². The molecule has 0 fully saturated rings. The molecule has 0 radical (unpaired) electrons. The van der Waals surface area contributed by atoms with Crippen molar-refractivity contribution in [3.05, 3.63) is 0 Å². The lowest BCUT2D eigenvalue weighted by molar-refractivity contribution is 0.0557. The molecule has 0 saturated carbocycles. The first-order chi connectivity index (χ1) is 11.6. The summed E-state index contributed by atoms with van der Waals surface area (Å²) in [6, 6.07) is 0. The topological polar surface area (TPSA) is 118 Å². The average molecular weight is 403 g/mol.